The first kappa shape index (κ1) is 19.0. The summed E-state index contributed by atoms with van der Waals surface area (Å²) in [6, 6.07) is 6.61. The number of nitrogens with zero attached hydrogens (tertiary/aromatic N) is 5. The molecule has 1 aliphatic heterocycles. The van der Waals surface area contributed by atoms with Gasteiger partial charge in [-0.2, -0.15) is 10.2 Å². The fourth-order valence-corrected chi connectivity index (χ4v) is 4.24. The van der Waals surface area contributed by atoms with Gasteiger partial charge in [-0.05, 0) is 37.8 Å². The maximum Gasteiger partial charge on any atom is 0.149 e. The van der Waals surface area contributed by atoms with Gasteiger partial charge in [0.05, 0.1) is 42.9 Å². The summed E-state index contributed by atoms with van der Waals surface area (Å²) in [6.07, 6.45) is 11.2. The average molecular weight is 406 g/mol. The molecule has 0 amide bonds. The largest absolute Gasteiger partial charge is 0.488 e. The molecule has 30 heavy (non-hydrogen) atoms. The lowest BCUT2D eigenvalue weighted by atomic mass is 9.92. The lowest BCUT2D eigenvalue weighted by Gasteiger charge is -2.31. The monoisotopic (exact) mass is 406 g/mol. The van der Waals surface area contributed by atoms with Crippen LogP contribution < -0.4 is 15.0 Å². The van der Waals surface area contributed by atoms with Crippen molar-refractivity contribution in [2.24, 2.45) is 0 Å². The lowest BCUT2D eigenvalue weighted by Crippen LogP contribution is -2.36. The van der Waals surface area contributed by atoms with Crippen molar-refractivity contribution in [3.8, 4) is 5.75 Å². The first-order valence-electron chi connectivity index (χ1n) is 10.6. The SMILES string of the molecule is c1cc(NC2CCC(Oc3cc(N4CCOCC4)cc4nccnc34)CC2)cnn1. The molecular formula is C22H26N6O2. The fraction of sp³-hybridized carbons (Fsp3) is 0.455. The maximum atomic E-state index is 6.49. The van der Waals surface area contributed by atoms with Gasteiger partial charge in [0.25, 0.3) is 0 Å². The van der Waals surface area contributed by atoms with E-state index in [4.69, 9.17) is 9.47 Å². The van der Waals surface area contributed by atoms with Gasteiger partial charge in [-0.1, -0.05) is 0 Å². The highest BCUT2D eigenvalue weighted by atomic mass is 16.5. The summed E-state index contributed by atoms with van der Waals surface area (Å²) in [6.45, 7) is 3.26. The molecule has 5 rings (SSSR count). The normalized spacial score (nSPS) is 22.1. The second-order valence-electron chi connectivity index (χ2n) is 7.83. The molecule has 0 atom stereocenters. The van der Waals surface area contributed by atoms with Crippen molar-refractivity contribution >= 4 is 22.4 Å². The van der Waals surface area contributed by atoms with Crippen LogP contribution in [0.3, 0.4) is 0 Å². The molecule has 0 radical (unpaired) electrons. The van der Waals surface area contributed by atoms with E-state index in [1.165, 1.54) is 0 Å². The number of aromatic nitrogens is 4. The second-order valence-corrected chi connectivity index (χ2v) is 7.83. The maximum absolute atomic E-state index is 6.49. The number of rotatable bonds is 5. The topological polar surface area (TPSA) is 85.3 Å². The Morgan fingerprint density at radius 3 is 2.60 bits per heavy atom. The summed E-state index contributed by atoms with van der Waals surface area (Å²) in [5.74, 6) is 0.830. The number of anilines is 2. The standard InChI is InChI=1S/C22H26N6O2/c1-3-19(4-2-16(1)27-17-5-6-25-26-15-17)30-21-14-18(28-9-11-29-12-10-28)13-20-22(21)24-8-7-23-20/h5-8,13-16,19H,1-4,9-12H2,(H,25,27). The van der Waals surface area contributed by atoms with Crippen molar-refractivity contribution in [1.82, 2.24) is 20.2 Å². The summed E-state index contributed by atoms with van der Waals surface area (Å²) in [5, 5.41) is 11.3. The zero-order valence-corrected chi connectivity index (χ0v) is 16.9. The summed E-state index contributed by atoms with van der Waals surface area (Å²) >= 11 is 0. The highest BCUT2D eigenvalue weighted by molar-refractivity contribution is 5.85. The van der Waals surface area contributed by atoms with Gasteiger partial charge in [-0.3, -0.25) is 4.98 Å². The first-order chi connectivity index (χ1) is 14.8. The summed E-state index contributed by atoms with van der Waals surface area (Å²) in [5.41, 5.74) is 3.85. The Morgan fingerprint density at radius 2 is 1.80 bits per heavy atom. The van der Waals surface area contributed by atoms with Crippen LogP contribution in [-0.2, 0) is 4.74 Å². The Kier molecular flexibility index (Phi) is 5.56. The minimum Gasteiger partial charge on any atom is -0.488 e. The molecule has 3 heterocycles. The molecule has 0 spiro atoms. The molecule has 156 valence electrons. The number of morpholine rings is 1. The van der Waals surface area contributed by atoms with Crippen LogP contribution in [0, 0.1) is 0 Å². The predicted octanol–water partition coefficient (Wildman–Crippen LogP) is 3.06. The number of fused-ring (bicyclic) bond motifs is 1. The van der Waals surface area contributed by atoms with E-state index in [0.29, 0.717) is 6.04 Å². The third kappa shape index (κ3) is 4.28. The van der Waals surface area contributed by atoms with Crippen molar-refractivity contribution in [3.63, 3.8) is 0 Å². The molecule has 2 aromatic heterocycles. The van der Waals surface area contributed by atoms with Gasteiger partial charge in [-0.15, -0.1) is 0 Å². The van der Waals surface area contributed by atoms with Gasteiger partial charge in [0.1, 0.15) is 11.3 Å². The Balaban J connectivity index is 1.29. The lowest BCUT2D eigenvalue weighted by molar-refractivity contribution is 0.122. The Morgan fingerprint density at radius 1 is 0.967 bits per heavy atom. The van der Waals surface area contributed by atoms with E-state index in [2.05, 4.69) is 42.5 Å². The van der Waals surface area contributed by atoms with E-state index in [0.717, 1.165) is 80.1 Å². The van der Waals surface area contributed by atoms with E-state index in [1.807, 2.05) is 6.07 Å². The molecule has 8 nitrogen and oxygen atoms in total. The minimum absolute atomic E-state index is 0.184. The van der Waals surface area contributed by atoms with Gasteiger partial charge < -0.3 is 19.7 Å². The molecule has 1 saturated heterocycles. The van der Waals surface area contributed by atoms with Crippen molar-refractivity contribution in [2.45, 2.75) is 37.8 Å². The van der Waals surface area contributed by atoms with Crippen LogP contribution in [0.2, 0.25) is 0 Å². The molecule has 1 aromatic carbocycles. The molecule has 2 aliphatic rings. The van der Waals surface area contributed by atoms with Crippen molar-refractivity contribution in [3.05, 3.63) is 43.0 Å². The molecule has 1 saturated carbocycles. The highest BCUT2D eigenvalue weighted by Gasteiger charge is 2.24. The number of nitrogens with one attached hydrogen (secondary N) is 1. The Labute approximate surface area is 175 Å². The number of benzene rings is 1. The quantitative estimate of drug-likeness (QED) is 0.692. The van der Waals surface area contributed by atoms with E-state index in [9.17, 15) is 0 Å². The van der Waals surface area contributed by atoms with E-state index >= 15 is 0 Å². The van der Waals surface area contributed by atoms with Crippen molar-refractivity contribution in [2.75, 3.05) is 36.5 Å². The molecule has 2 fully saturated rings. The summed E-state index contributed by atoms with van der Waals surface area (Å²) < 4.78 is 12.0. The predicted molar refractivity (Wildman–Crippen MR) is 115 cm³/mol. The number of ether oxygens (including phenoxy) is 2. The van der Waals surface area contributed by atoms with Crippen LogP contribution in [0.25, 0.3) is 11.0 Å². The van der Waals surface area contributed by atoms with Crippen molar-refractivity contribution in [1.29, 1.82) is 0 Å². The molecule has 3 aromatic rings. The Bertz CT molecular complexity index is 972. The molecule has 0 unspecified atom stereocenters. The average Bonchev–Trinajstić information content (AvgIpc) is 2.81. The second kappa shape index (κ2) is 8.79. The zero-order chi connectivity index (χ0) is 20.2. The van der Waals surface area contributed by atoms with Crippen LogP contribution in [0.15, 0.2) is 43.0 Å². The van der Waals surface area contributed by atoms with Gasteiger partial charge in [0, 0.05) is 43.3 Å². The molecule has 8 heteroatoms. The first-order valence-corrected chi connectivity index (χ1v) is 10.6. The third-order valence-electron chi connectivity index (χ3n) is 5.82. The molecule has 1 N–H and O–H groups in total. The number of hydrogen-bond acceptors (Lipinski definition) is 8. The van der Waals surface area contributed by atoms with Gasteiger partial charge in [0.15, 0.2) is 0 Å². The third-order valence-corrected chi connectivity index (χ3v) is 5.82. The van der Waals surface area contributed by atoms with E-state index in [1.54, 1.807) is 24.8 Å². The molecule has 0 bridgehead atoms. The fourth-order valence-electron chi connectivity index (χ4n) is 4.24. The van der Waals surface area contributed by atoms with Gasteiger partial charge in [-0.25, -0.2) is 4.98 Å². The van der Waals surface area contributed by atoms with E-state index in [-0.39, 0.29) is 6.10 Å². The van der Waals surface area contributed by atoms with Crippen LogP contribution in [-0.4, -0.2) is 58.6 Å². The van der Waals surface area contributed by atoms with Crippen LogP contribution in [0.5, 0.6) is 5.75 Å². The van der Waals surface area contributed by atoms with Gasteiger partial charge in [0.2, 0.25) is 0 Å². The van der Waals surface area contributed by atoms with Crippen LogP contribution >= 0.6 is 0 Å². The van der Waals surface area contributed by atoms with Crippen LogP contribution in [0.4, 0.5) is 11.4 Å². The van der Waals surface area contributed by atoms with Crippen LogP contribution in [0.1, 0.15) is 25.7 Å². The summed E-state index contributed by atoms with van der Waals surface area (Å²) in [4.78, 5) is 11.4. The van der Waals surface area contributed by atoms with Gasteiger partial charge >= 0.3 is 0 Å². The number of hydrogen-bond donors (Lipinski definition) is 1. The van der Waals surface area contributed by atoms with E-state index < -0.39 is 0 Å². The minimum atomic E-state index is 0.184. The smallest absolute Gasteiger partial charge is 0.149 e. The zero-order valence-electron chi connectivity index (χ0n) is 16.9. The summed E-state index contributed by atoms with van der Waals surface area (Å²) in [7, 11) is 0. The Hall–Kier alpha value is -3.00. The van der Waals surface area contributed by atoms with Crippen molar-refractivity contribution < 1.29 is 9.47 Å². The highest BCUT2D eigenvalue weighted by Crippen LogP contribution is 2.33. The molecule has 1 aliphatic carbocycles. The molecular weight excluding hydrogens is 380 g/mol.